The maximum Gasteiger partial charge on any atom is 0.159 e. The van der Waals surface area contributed by atoms with Gasteiger partial charge in [0, 0.05) is 11.4 Å². The highest BCUT2D eigenvalue weighted by Crippen LogP contribution is 2.38. The molecule has 0 spiro atoms. The summed E-state index contributed by atoms with van der Waals surface area (Å²) in [5.74, 6) is 1.09. The third-order valence-corrected chi connectivity index (χ3v) is 5.92. The number of rotatable bonds is 1. The predicted molar refractivity (Wildman–Crippen MR) is 60.9 cm³/mol. The molecule has 1 fully saturated rings. The minimum absolute atomic E-state index is 0.271. The molecule has 0 saturated carbocycles. The average Bonchev–Trinajstić information content (AvgIpc) is 2.77. The zero-order valence-corrected chi connectivity index (χ0v) is 9.96. The molecule has 0 aliphatic carbocycles. The lowest BCUT2D eigenvalue weighted by atomic mass is 9.97. The molecule has 0 bridgehead atoms. The van der Waals surface area contributed by atoms with Crippen LogP contribution in [0, 0.1) is 0 Å². The Labute approximate surface area is 93.4 Å². The highest BCUT2D eigenvalue weighted by molar-refractivity contribution is 7.90. The van der Waals surface area contributed by atoms with Gasteiger partial charge in [-0.05, 0) is 35.4 Å². The van der Waals surface area contributed by atoms with Crippen molar-refractivity contribution in [1.82, 2.24) is 5.32 Å². The molecule has 1 aromatic heterocycles. The van der Waals surface area contributed by atoms with Crippen LogP contribution in [0.25, 0.3) is 0 Å². The fourth-order valence-corrected chi connectivity index (χ4v) is 5.75. The summed E-state index contributed by atoms with van der Waals surface area (Å²) in [6.45, 7) is 2.06. The van der Waals surface area contributed by atoms with Gasteiger partial charge in [-0.2, -0.15) is 0 Å². The first kappa shape index (κ1) is 9.81. The Morgan fingerprint density at radius 3 is 3.00 bits per heavy atom. The van der Waals surface area contributed by atoms with E-state index >= 15 is 0 Å². The van der Waals surface area contributed by atoms with Crippen LogP contribution in [0.2, 0.25) is 0 Å². The Kier molecular flexibility index (Phi) is 2.16. The second kappa shape index (κ2) is 3.30. The van der Waals surface area contributed by atoms with Crippen molar-refractivity contribution in [3.63, 3.8) is 0 Å². The smallest absolute Gasteiger partial charge is 0.159 e. The molecule has 1 aromatic rings. The summed E-state index contributed by atoms with van der Waals surface area (Å²) in [5, 5.41) is 5.49. The Morgan fingerprint density at radius 2 is 2.27 bits per heavy atom. The Bertz CT molecular complexity index is 484. The van der Waals surface area contributed by atoms with Gasteiger partial charge >= 0.3 is 0 Å². The number of sulfone groups is 1. The van der Waals surface area contributed by atoms with Gasteiger partial charge in [0.05, 0.1) is 11.5 Å². The van der Waals surface area contributed by atoms with Crippen LogP contribution in [0.3, 0.4) is 0 Å². The first-order valence-corrected chi connectivity index (χ1v) is 7.86. The van der Waals surface area contributed by atoms with E-state index in [0.29, 0.717) is 5.92 Å². The van der Waals surface area contributed by atoms with Crippen molar-refractivity contribution in [3.05, 3.63) is 21.4 Å². The maximum absolute atomic E-state index is 11.5. The lowest BCUT2D eigenvalue weighted by Crippen LogP contribution is -2.08. The molecule has 1 saturated heterocycles. The van der Waals surface area contributed by atoms with Crippen LogP contribution in [0.4, 0.5) is 0 Å². The van der Waals surface area contributed by atoms with Crippen LogP contribution in [0.5, 0.6) is 0 Å². The van der Waals surface area contributed by atoms with E-state index < -0.39 is 9.84 Å². The van der Waals surface area contributed by atoms with Gasteiger partial charge in [0.25, 0.3) is 0 Å². The van der Waals surface area contributed by atoms with Crippen LogP contribution >= 0.6 is 11.3 Å². The third kappa shape index (κ3) is 1.62. The molecule has 82 valence electrons. The summed E-state index contributed by atoms with van der Waals surface area (Å²) >= 11 is 1.62. The minimum Gasteiger partial charge on any atom is -0.316 e. The van der Waals surface area contributed by atoms with Crippen molar-refractivity contribution in [2.24, 2.45) is 0 Å². The first-order valence-electron chi connectivity index (χ1n) is 5.16. The van der Waals surface area contributed by atoms with Gasteiger partial charge in [-0.25, -0.2) is 8.42 Å². The molecule has 0 amide bonds. The van der Waals surface area contributed by atoms with Gasteiger partial charge in [0.1, 0.15) is 0 Å². The van der Waals surface area contributed by atoms with Crippen molar-refractivity contribution in [3.8, 4) is 0 Å². The van der Waals surface area contributed by atoms with Gasteiger partial charge in [0.2, 0.25) is 0 Å². The largest absolute Gasteiger partial charge is 0.316 e. The Morgan fingerprint density at radius 1 is 1.40 bits per heavy atom. The molecule has 2 aliphatic rings. The standard InChI is InChI=1S/C10H13NO2S2/c12-15(13)5-9-8(4-14-10(9)6-15)7-1-2-11-3-7/h4,7,11H,1-3,5-6H2. The molecule has 2 aliphatic heterocycles. The summed E-state index contributed by atoms with van der Waals surface area (Å²) in [4.78, 5) is 1.08. The van der Waals surface area contributed by atoms with Crippen LogP contribution in [-0.4, -0.2) is 21.5 Å². The monoisotopic (exact) mass is 243 g/mol. The number of nitrogens with one attached hydrogen (secondary N) is 1. The van der Waals surface area contributed by atoms with E-state index in [9.17, 15) is 8.42 Å². The molecule has 0 aromatic carbocycles. The number of thiophene rings is 1. The van der Waals surface area contributed by atoms with E-state index in [0.717, 1.165) is 30.0 Å². The van der Waals surface area contributed by atoms with E-state index in [4.69, 9.17) is 0 Å². The van der Waals surface area contributed by atoms with Crippen molar-refractivity contribution < 1.29 is 8.42 Å². The third-order valence-electron chi connectivity index (χ3n) is 3.23. The number of hydrogen-bond donors (Lipinski definition) is 1. The van der Waals surface area contributed by atoms with Gasteiger partial charge in [-0.3, -0.25) is 0 Å². The fourth-order valence-electron chi connectivity index (χ4n) is 2.46. The van der Waals surface area contributed by atoms with Crippen LogP contribution < -0.4 is 5.32 Å². The summed E-state index contributed by atoms with van der Waals surface area (Å²) in [6, 6.07) is 0. The van der Waals surface area contributed by atoms with Crippen LogP contribution in [-0.2, 0) is 21.3 Å². The highest BCUT2D eigenvalue weighted by atomic mass is 32.2. The molecule has 3 rings (SSSR count). The molecule has 1 N–H and O–H groups in total. The van der Waals surface area contributed by atoms with E-state index in [1.807, 2.05) is 0 Å². The quantitative estimate of drug-likeness (QED) is 0.807. The predicted octanol–water partition coefficient (Wildman–Crippen LogP) is 1.25. The summed E-state index contributed by atoms with van der Waals surface area (Å²) in [6.07, 6.45) is 1.14. The fraction of sp³-hybridized carbons (Fsp3) is 0.600. The SMILES string of the molecule is O=S1(=O)Cc2scc(C3CCNC3)c2C1. The van der Waals surface area contributed by atoms with Gasteiger partial charge in [0.15, 0.2) is 9.84 Å². The van der Waals surface area contributed by atoms with Crippen molar-refractivity contribution >= 4 is 21.2 Å². The maximum atomic E-state index is 11.5. The van der Waals surface area contributed by atoms with Crippen molar-refractivity contribution in [2.75, 3.05) is 13.1 Å². The highest BCUT2D eigenvalue weighted by Gasteiger charge is 2.31. The second-order valence-electron chi connectivity index (χ2n) is 4.31. The number of hydrogen-bond acceptors (Lipinski definition) is 4. The minimum atomic E-state index is -2.82. The Balaban J connectivity index is 1.99. The molecule has 5 heteroatoms. The molecule has 1 unspecified atom stereocenters. The van der Waals surface area contributed by atoms with Gasteiger partial charge < -0.3 is 5.32 Å². The van der Waals surface area contributed by atoms with E-state index in [1.165, 1.54) is 5.56 Å². The van der Waals surface area contributed by atoms with Crippen LogP contribution in [0.15, 0.2) is 5.38 Å². The number of fused-ring (bicyclic) bond motifs is 1. The van der Waals surface area contributed by atoms with Crippen LogP contribution in [0.1, 0.15) is 28.3 Å². The van der Waals surface area contributed by atoms with E-state index in [1.54, 1.807) is 11.3 Å². The average molecular weight is 243 g/mol. The van der Waals surface area contributed by atoms with Crippen molar-refractivity contribution in [1.29, 1.82) is 0 Å². The summed E-state index contributed by atoms with van der Waals surface area (Å²) in [7, 11) is -2.82. The normalized spacial score (nSPS) is 28.1. The Hall–Kier alpha value is -0.390. The lowest BCUT2D eigenvalue weighted by molar-refractivity contribution is 0.598. The molecule has 15 heavy (non-hydrogen) atoms. The molecular weight excluding hydrogens is 230 g/mol. The summed E-state index contributed by atoms with van der Waals surface area (Å²) in [5.41, 5.74) is 2.41. The molecule has 3 heterocycles. The summed E-state index contributed by atoms with van der Waals surface area (Å²) < 4.78 is 23.0. The van der Waals surface area contributed by atoms with Gasteiger partial charge in [-0.15, -0.1) is 11.3 Å². The molecule has 3 nitrogen and oxygen atoms in total. The second-order valence-corrected chi connectivity index (χ2v) is 7.34. The van der Waals surface area contributed by atoms with Crippen molar-refractivity contribution in [2.45, 2.75) is 23.8 Å². The van der Waals surface area contributed by atoms with E-state index in [2.05, 4.69) is 10.7 Å². The zero-order valence-electron chi connectivity index (χ0n) is 8.32. The topological polar surface area (TPSA) is 46.2 Å². The first-order chi connectivity index (χ1) is 7.16. The van der Waals surface area contributed by atoms with Gasteiger partial charge in [-0.1, -0.05) is 0 Å². The zero-order chi connectivity index (χ0) is 10.5. The molecule has 0 radical (unpaired) electrons. The molecular formula is C10H13NO2S2. The van der Waals surface area contributed by atoms with E-state index in [-0.39, 0.29) is 11.5 Å². The molecule has 1 atom stereocenters. The lowest BCUT2D eigenvalue weighted by Gasteiger charge is -2.07.